The Kier molecular flexibility index (Phi) is 6.17. The highest BCUT2D eigenvalue weighted by atomic mass is 32.2. The maximum Gasteiger partial charge on any atom is 0.330 e. The molecule has 3 atom stereocenters. The van der Waals surface area contributed by atoms with Gasteiger partial charge in [-0.1, -0.05) is 30.3 Å². The zero-order valence-electron chi connectivity index (χ0n) is 11.3. The van der Waals surface area contributed by atoms with Crippen LogP contribution in [0.3, 0.4) is 0 Å². The molecule has 0 aromatic heterocycles. The Labute approximate surface area is 120 Å². The Morgan fingerprint density at radius 2 is 1.90 bits per heavy atom. The van der Waals surface area contributed by atoms with E-state index in [0.717, 1.165) is 0 Å². The highest BCUT2D eigenvalue weighted by Crippen LogP contribution is 2.12. The fourth-order valence-corrected chi connectivity index (χ4v) is 1.79. The summed E-state index contributed by atoms with van der Waals surface area (Å²) in [6, 6.07) is 6.71. The van der Waals surface area contributed by atoms with Crippen LogP contribution in [0.4, 0.5) is 4.79 Å². The van der Waals surface area contributed by atoms with Crippen molar-refractivity contribution in [3.8, 4) is 0 Å². The number of benzene rings is 1. The first-order valence-corrected chi connectivity index (χ1v) is 7.68. The van der Waals surface area contributed by atoms with E-state index in [1.54, 1.807) is 43.5 Å². The number of aliphatic carboxylic acids is 1. The maximum absolute atomic E-state index is 11.7. The topological polar surface area (TPSA) is 95.5 Å². The van der Waals surface area contributed by atoms with Gasteiger partial charge in [-0.25, -0.2) is 9.59 Å². The molecule has 0 bridgehead atoms. The lowest BCUT2D eigenvalue weighted by Crippen LogP contribution is -2.43. The molecule has 0 radical (unpaired) electrons. The zero-order valence-corrected chi connectivity index (χ0v) is 12.1. The van der Waals surface area contributed by atoms with Gasteiger partial charge in [-0.15, -0.1) is 0 Å². The molecular weight excluding hydrogens is 280 g/mol. The van der Waals surface area contributed by atoms with Crippen LogP contribution >= 0.6 is 0 Å². The van der Waals surface area contributed by atoms with E-state index in [2.05, 4.69) is 10.6 Å². The third kappa shape index (κ3) is 5.00. The molecule has 0 fully saturated rings. The van der Waals surface area contributed by atoms with Crippen molar-refractivity contribution in [2.75, 3.05) is 12.8 Å². The second-order valence-corrected chi connectivity index (χ2v) is 6.15. The van der Waals surface area contributed by atoms with Crippen molar-refractivity contribution in [2.45, 2.75) is 18.2 Å². The molecule has 0 aliphatic carbocycles. The second-order valence-electron chi connectivity index (χ2n) is 4.35. The van der Waals surface area contributed by atoms with E-state index in [4.69, 9.17) is 5.11 Å². The van der Waals surface area contributed by atoms with Crippen molar-refractivity contribution in [1.82, 2.24) is 10.6 Å². The van der Waals surface area contributed by atoms with Gasteiger partial charge in [-0.2, -0.15) is 0 Å². The van der Waals surface area contributed by atoms with Gasteiger partial charge in [0, 0.05) is 28.9 Å². The first-order chi connectivity index (χ1) is 9.41. The van der Waals surface area contributed by atoms with Crippen molar-refractivity contribution in [3.63, 3.8) is 0 Å². The molecule has 110 valence electrons. The van der Waals surface area contributed by atoms with Crippen LogP contribution in [0.2, 0.25) is 0 Å². The van der Waals surface area contributed by atoms with E-state index in [9.17, 15) is 13.8 Å². The summed E-state index contributed by atoms with van der Waals surface area (Å²) in [6.45, 7) is 1.96. The predicted octanol–water partition coefficient (Wildman–Crippen LogP) is 0.878. The quantitative estimate of drug-likeness (QED) is 0.726. The van der Waals surface area contributed by atoms with Gasteiger partial charge in [-0.3, -0.25) is 4.21 Å². The molecular formula is C13H18N2O4S. The number of carboxylic acid groups (broad SMARTS) is 1. The fourth-order valence-electron chi connectivity index (χ4n) is 1.47. The summed E-state index contributed by atoms with van der Waals surface area (Å²) < 4.78 is 11.2. The molecule has 1 aromatic rings. The highest BCUT2D eigenvalue weighted by Gasteiger charge is 2.21. The standard InChI is InChI=1S/C13H18N2O4S/c1-9(20(2)19)8-14-13(18)15-11(12(16)17)10-6-4-3-5-7-10/h3-7,9,11H,8H2,1-2H3,(H,16,17)(H2,14,15,18)/t9?,11-,20?/m0/s1. The minimum atomic E-state index is -1.14. The van der Waals surface area contributed by atoms with Crippen molar-refractivity contribution in [2.24, 2.45) is 0 Å². The molecule has 0 saturated heterocycles. The van der Waals surface area contributed by atoms with E-state index in [1.165, 1.54) is 0 Å². The molecule has 0 heterocycles. The largest absolute Gasteiger partial charge is 0.479 e. The number of hydrogen-bond acceptors (Lipinski definition) is 3. The lowest BCUT2D eigenvalue weighted by Gasteiger charge is -2.16. The molecule has 2 unspecified atom stereocenters. The summed E-state index contributed by atoms with van der Waals surface area (Å²) in [5.41, 5.74) is 0.488. The van der Waals surface area contributed by atoms with Crippen molar-refractivity contribution < 1.29 is 18.9 Å². The molecule has 0 aliphatic rings. The maximum atomic E-state index is 11.7. The van der Waals surface area contributed by atoms with E-state index in [0.29, 0.717) is 5.56 Å². The van der Waals surface area contributed by atoms with Crippen molar-refractivity contribution in [3.05, 3.63) is 35.9 Å². The average Bonchev–Trinajstić information content (AvgIpc) is 2.42. The number of urea groups is 1. The number of hydrogen-bond donors (Lipinski definition) is 3. The molecule has 1 rings (SSSR count). The van der Waals surface area contributed by atoms with Crippen LogP contribution in [0.5, 0.6) is 0 Å². The van der Waals surface area contributed by atoms with Gasteiger partial charge in [0.05, 0.1) is 0 Å². The molecule has 0 saturated carbocycles. The Balaban J connectivity index is 2.61. The van der Waals surface area contributed by atoms with Gasteiger partial charge in [0.2, 0.25) is 0 Å². The number of amides is 2. The van der Waals surface area contributed by atoms with Gasteiger partial charge in [0.25, 0.3) is 0 Å². The van der Waals surface area contributed by atoms with E-state index >= 15 is 0 Å². The van der Waals surface area contributed by atoms with E-state index < -0.39 is 28.8 Å². The van der Waals surface area contributed by atoms with Crippen molar-refractivity contribution in [1.29, 1.82) is 0 Å². The van der Waals surface area contributed by atoms with E-state index in [-0.39, 0.29) is 11.8 Å². The van der Waals surface area contributed by atoms with Crippen LogP contribution < -0.4 is 10.6 Å². The van der Waals surface area contributed by atoms with Crippen LogP contribution in [0.25, 0.3) is 0 Å². The number of carboxylic acids is 1. The Hall–Kier alpha value is -1.89. The van der Waals surface area contributed by atoms with Gasteiger partial charge < -0.3 is 15.7 Å². The Morgan fingerprint density at radius 3 is 2.40 bits per heavy atom. The monoisotopic (exact) mass is 298 g/mol. The smallest absolute Gasteiger partial charge is 0.330 e. The summed E-state index contributed by atoms with van der Waals surface area (Å²) in [6.07, 6.45) is 1.55. The van der Waals surface area contributed by atoms with Crippen LogP contribution in [0, 0.1) is 0 Å². The molecule has 0 aliphatic heterocycles. The average molecular weight is 298 g/mol. The number of rotatable bonds is 6. The lowest BCUT2D eigenvalue weighted by atomic mass is 10.1. The minimum absolute atomic E-state index is 0.194. The summed E-state index contributed by atoms with van der Waals surface area (Å²) in [7, 11) is -1.04. The third-order valence-corrected chi connectivity index (χ3v) is 4.07. The zero-order chi connectivity index (χ0) is 15.1. The van der Waals surface area contributed by atoms with E-state index in [1.807, 2.05) is 0 Å². The lowest BCUT2D eigenvalue weighted by molar-refractivity contribution is -0.139. The first kappa shape index (κ1) is 16.2. The number of nitrogens with one attached hydrogen (secondary N) is 2. The Morgan fingerprint density at radius 1 is 1.30 bits per heavy atom. The minimum Gasteiger partial charge on any atom is -0.479 e. The Bertz CT molecular complexity index is 492. The predicted molar refractivity (Wildman–Crippen MR) is 76.9 cm³/mol. The van der Waals surface area contributed by atoms with Crippen LogP contribution in [-0.2, 0) is 15.6 Å². The summed E-state index contributed by atoms with van der Waals surface area (Å²) in [5.74, 6) is -1.14. The first-order valence-electron chi connectivity index (χ1n) is 6.06. The van der Waals surface area contributed by atoms with Gasteiger partial charge in [0.15, 0.2) is 6.04 Å². The second kappa shape index (κ2) is 7.64. The van der Waals surface area contributed by atoms with Gasteiger partial charge in [-0.05, 0) is 12.5 Å². The summed E-state index contributed by atoms with van der Waals surface area (Å²) in [5, 5.41) is 13.8. The SMILES string of the molecule is CC(CNC(=O)N[C@H](C(=O)O)c1ccccc1)S(C)=O. The number of carbonyl (C=O) groups excluding carboxylic acids is 1. The summed E-state index contributed by atoms with van der Waals surface area (Å²) in [4.78, 5) is 22.9. The van der Waals surface area contributed by atoms with Crippen molar-refractivity contribution >= 4 is 22.8 Å². The highest BCUT2D eigenvalue weighted by molar-refractivity contribution is 7.84. The van der Waals surface area contributed by atoms with Crippen LogP contribution in [0.15, 0.2) is 30.3 Å². The fraction of sp³-hybridized carbons (Fsp3) is 0.385. The third-order valence-electron chi connectivity index (χ3n) is 2.77. The molecule has 1 aromatic carbocycles. The van der Waals surface area contributed by atoms with Gasteiger partial charge >= 0.3 is 12.0 Å². The number of carbonyl (C=O) groups is 2. The molecule has 6 nitrogen and oxygen atoms in total. The molecule has 2 amide bonds. The molecule has 20 heavy (non-hydrogen) atoms. The molecule has 0 spiro atoms. The van der Waals surface area contributed by atoms with Crippen LogP contribution in [0.1, 0.15) is 18.5 Å². The van der Waals surface area contributed by atoms with Crippen LogP contribution in [-0.4, -0.2) is 39.4 Å². The van der Waals surface area contributed by atoms with Gasteiger partial charge in [0.1, 0.15) is 0 Å². The summed E-state index contributed by atoms with van der Waals surface area (Å²) >= 11 is 0. The molecule has 7 heteroatoms. The normalized spacial score (nSPS) is 14.9. The molecule has 3 N–H and O–H groups in total.